The van der Waals surface area contributed by atoms with Crippen LogP contribution >= 0.6 is 0 Å². The van der Waals surface area contributed by atoms with E-state index in [1.54, 1.807) is 0 Å². The normalized spacial score (nSPS) is 14.2. The molecule has 0 bridgehead atoms. The Balaban J connectivity index is 1.64. The van der Waals surface area contributed by atoms with E-state index in [9.17, 15) is 0 Å². The number of hydrogen-bond donors (Lipinski definition) is 0. The zero-order chi connectivity index (χ0) is 14.0. The molecular weight excluding hydrogens is 240 g/mol. The lowest BCUT2D eigenvalue weighted by atomic mass is 9.98. The standard InChI is InChI=1S/C20H28/c1-2-3-4-5-6-7-8-11-18-14-16-20(17-15-18)19-12-9-10-13-19/h9-10,12-17,19H,2-8,11H2,1H3. The smallest absolute Gasteiger partial charge is 0.0204 e. The molecule has 0 N–H and O–H groups in total. The predicted octanol–water partition coefficient (Wildman–Crippen LogP) is 6.19. The molecule has 0 radical (unpaired) electrons. The van der Waals surface area contributed by atoms with Crippen molar-refractivity contribution >= 4 is 0 Å². The average molecular weight is 268 g/mol. The molecule has 0 fully saturated rings. The topological polar surface area (TPSA) is 0 Å². The summed E-state index contributed by atoms with van der Waals surface area (Å²) in [6.07, 6.45) is 19.8. The molecule has 0 nitrogen and oxygen atoms in total. The summed E-state index contributed by atoms with van der Waals surface area (Å²) < 4.78 is 0. The number of hydrogen-bond acceptors (Lipinski definition) is 0. The molecule has 1 aliphatic carbocycles. The van der Waals surface area contributed by atoms with Crippen LogP contribution in [0.3, 0.4) is 0 Å². The third kappa shape index (κ3) is 5.00. The lowest BCUT2D eigenvalue weighted by Gasteiger charge is -2.07. The van der Waals surface area contributed by atoms with Crippen LogP contribution in [-0.2, 0) is 6.42 Å². The Bertz CT molecular complexity index is 410. The second kappa shape index (κ2) is 8.79. The van der Waals surface area contributed by atoms with Crippen molar-refractivity contribution in [2.75, 3.05) is 0 Å². The van der Waals surface area contributed by atoms with Crippen LogP contribution in [0.1, 0.15) is 68.9 Å². The number of allylic oxidation sites excluding steroid dienone is 4. The second-order valence-corrected chi connectivity index (χ2v) is 5.91. The Morgan fingerprint density at radius 2 is 1.35 bits per heavy atom. The van der Waals surface area contributed by atoms with Gasteiger partial charge >= 0.3 is 0 Å². The minimum Gasteiger partial charge on any atom is -0.0732 e. The summed E-state index contributed by atoms with van der Waals surface area (Å²) in [5.41, 5.74) is 2.91. The van der Waals surface area contributed by atoms with Crippen LogP contribution in [0.25, 0.3) is 0 Å². The summed E-state index contributed by atoms with van der Waals surface area (Å²) in [7, 11) is 0. The van der Waals surface area contributed by atoms with Crippen LogP contribution in [0.2, 0.25) is 0 Å². The molecule has 0 atom stereocenters. The lowest BCUT2D eigenvalue weighted by Crippen LogP contribution is -1.91. The van der Waals surface area contributed by atoms with E-state index in [4.69, 9.17) is 0 Å². The first kappa shape index (κ1) is 15.1. The molecular formula is C20H28. The Morgan fingerprint density at radius 3 is 2.00 bits per heavy atom. The van der Waals surface area contributed by atoms with Gasteiger partial charge in [-0.3, -0.25) is 0 Å². The summed E-state index contributed by atoms with van der Waals surface area (Å²) in [4.78, 5) is 0. The van der Waals surface area contributed by atoms with Gasteiger partial charge in [0.1, 0.15) is 0 Å². The third-order valence-corrected chi connectivity index (χ3v) is 4.18. The van der Waals surface area contributed by atoms with E-state index in [0.717, 1.165) is 0 Å². The lowest BCUT2D eigenvalue weighted by molar-refractivity contribution is 0.589. The number of unbranched alkanes of at least 4 members (excludes halogenated alkanes) is 6. The van der Waals surface area contributed by atoms with Crippen LogP contribution in [0.4, 0.5) is 0 Å². The van der Waals surface area contributed by atoms with E-state index in [-0.39, 0.29) is 0 Å². The van der Waals surface area contributed by atoms with E-state index >= 15 is 0 Å². The molecule has 1 aromatic rings. The van der Waals surface area contributed by atoms with Crippen molar-refractivity contribution in [2.45, 2.75) is 64.2 Å². The molecule has 108 valence electrons. The van der Waals surface area contributed by atoms with Gasteiger partial charge in [-0.15, -0.1) is 0 Å². The van der Waals surface area contributed by atoms with Gasteiger partial charge in [0.25, 0.3) is 0 Å². The molecule has 1 aromatic carbocycles. The maximum absolute atomic E-state index is 2.31. The summed E-state index contributed by atoms with van der Waals surface area (Å²) in [5.74, 6) is 0.502. The third-order valence-electron chi connectivity index (χ3n) is 4.18. The summed E-state index contributed by atoms with van der Waals surface area (Å²) in [6.45, 7) is 2.28. The highest BCUT2D eigenvalue weighted by Gasteiger charge is 2.06. The Morgan fingerprint density at radius 1 is 0.750 bits per heavy atom. The van der Waals surface area contributed by atoms with Gasteiger partial charge in [0.15, 0.2) is 0 Å². The molecule has 0 heterocycles. The van der Waals surface area contributed by atoms with Crippen LogP contribution < -0.4 is 0 Å². The highest BCUT2D eigenvalue weighted by molar-refractivity contribution is 5.36. The first-order valence-corrected chi connectivity index (χ1v) is 8.34. The van der Waals surface area contributed by atoms with Crippen LogP contribution in [0.5, 0.6) is 0 Å². The Kier molecular flexibility index (Phi) is 6.63. The first-order chi connectivity index (χ1) is 9.90. The van der Waals surface area contributed by atoms with E-state index in [1.807, 2.05) is 0 Å². The van der Waals surface area contributed by atoms with Crippen molar-refractivity contribution in [3.63, 3.8) is 0 Å². The molecule has 2 rings (SSSR count). The van der Waals surface area contributed by atoms with Crippen LogP contribution in [0.15, 0.2) is 48.6 Å². The van der Waals surface area contributed by atoms with Gasteiger partial charge in [-0.05, 0) is 24.0 Å². The molecule has 0 unspecified atom stereocenters. The molecule has 20 heavy (non-hydrogen) atoms. The van der Waals surface area contributed by atoms with Crippen molar-refractivity contribution in [3.8, 4) is 0 Å². The van der Waals surface area contributed by atoms with Crippen molar-refractivity contribution in [3.05, 3.63) is 59.7 Å². The number of aryl methyl sites for hydroxylation is 1. The average Bonchev–Trinajstić information content (AvgIpc) is 3.01. The second-order valence-electron chi connectivity index (χ2n) is 5.91. The fraction of sp³-hybridized carbons (Fsp3) is 0.500. The van der Waals surface area contributed by atoms with Gasteiger partial charge in [-0.25, -0.2) is 0 Å². The summed E-state index contributed by atoms with van der Waals surface area (Å²) >= 11 is 0. The number of benzene rings is 1. The zero-order valence-electron chi connectivity index (χ0n) is 12.9. The van der Waals surface area contributed by atoms with Crippen LogP contribution in [0, 0.1) is 0 Å². The van der Waals surface area contributed by atoms with Gasteiger partial charge < -0.3 is 0 Å². The minimum atomic E-state index is 0.502. The van der Waals surface area contributed by atoms with Crippen molar-refractivity contribution in [2.24, 2.45) is 0 Å². The van der Waals surface area contributed by atoms with E-state index in [1.165, 1.54) is 62.5 Å². The monoisotopic (exact) mass is 268 g/mol. The van der Waals surface area contributed by atoms with Gasteiger partial charge in [0.2, 0.25) is 0 Å². The quantitative estimate of drug-likeness (QED) is 0.468. The molecule has 1 aliphatic rings. The molecule has 0 heteroatoms. The van der Waals surface area contributed by atoms with E-state index < -0.39 is 0 Å². The molecule has 0 spiro atoms. The van der Waals surface area contributed by atoms with Gasteiger partial charge in [-0.2, -0.15) is 0 Å². The zero-order valence-corrected chi connectivity index (χ0v) is 12.9. The SMILES string of the molecule is CCCCCCCCCc1ccc(C2C=CC=C2)cc1. The van der Waals surface area contributed by atoms with E-state index in [0.29, 0.717) is 5.92 Å². The molecule has 0 aliphatic heterocycles. The van der Waals surface area contributed by atoms with E-state index in [2.05, 4.69) is 55.5 Å². The maximum atomic E-state index is 2.31. The van der Waals surface area contributed by atoms with Crippen LogP contribution in [-0.4, -0.2) is 0 Å². The van der Waals surface area contributed by atoms with Gasteiger partial charge in [-0.1, -0.05) is 94.0 Å². The fourth-order valence-corrected chi connectivity index (χ4v) is 2.85. The maximum Gasteiger partial charge on any atom is 0.0204 e. The summed E-state index contributed by atoms with van der Waals surface area (Å²) in [5, 5.41) is 0. The Hall–Kier alpha value is -1.30. The van der Waals surface area contributed by atoms with Crippen molar-refractivity contribution < 1.29 is 0 Å². The van der Waals surface area contributed by atoms with Crippen molar-refractivity contribution in [1.82, 2.24) is 0 Å². The highest BCUT2D eigenvalue weighted by Crippen LogP contribution is 2.23. The molecule has 0 saturated heterocycles. The van der Waals surface area contributed by atoms with Gasteiger partial charge in [0, 0.05) is 5.92 Å². The molecule has 0 amide bonds. The summed E-state index contributed by atoms with van der Waals surface area (Å²) in [6, 6.07) is 9.21. The first-order valence-electron chi connectivity index (χ1n) is 8.34. The predicted molar refractivity (Wildman–Crippen MR) is 89.2 cm³/mol. The fourth-order valence-electron chi connectivity index (χ4n) is 2.85. The number of rotatable bonds is 9. The highest BCUT2D eigenvalue weighted by atomic mass is 14.1. The largest absolute Gasteiger partial charge is 0.0732 e. The minimum absolute atomic E-state index is 0.502. The van der Waals surface area contributed by atoms with Crippen molar-refractivity contribution in [1.29, 1.82) is 0 Å². The Labute approximate surface area is 124 Å². The molecule has 0 aromatic heterocycles. The molecule has 0 saturated carbocycles. The van der Waals surface area contributed by atoms with Gasteiger partial charge in [0.05, 0.1) is 0 Å².